The topological polar surface area (TPSA) is 69.1 Å². The van der Waals surface area contributed by atoms with E-state index >= 15 is 0 Å². The van der Waals surface area contributed by atoms with Gasteiger partial charge in [-0.3, -0.25) is 15.1 Å². The molecule has 0 rings (SSSR count). The first-order valence-corrected chi connectivity index (χ1v) is 5.78. The van der Waals surface area contributed by atoms with Crippen LogP contribution < -0.4 is 10.6 Å². The van der Waals surface area contributed by atoms with Gasteiger partial charge in [0, 0.05) is 20.1 Å². The minimum Gasteiger partial charge on any atom is -0.354 e. The van der Waals surface area contributed by atoms with Crippen LogP contribution in [0.4, 0.5) is 0 Å². The van der Waals surface area contributed by atoms with E-state index in [9.17, 15) is 4.79 Å². The van der Waals surface area contributed by atoms with Crippen LogP contribution in [0.5, 0.6) is 0 Å². The molecular weight excluding hydrogens is 218 g/mol. The van der Waals surface area contributed by atoms with Gasteiger partial charge in [-0.15, -0.1) is 0 Å². The van der Waals surface area contributed by atoms with Crippen molar-refractivity contribution in [3.8, 4) is 0 Å². The molecule has 6 nitrogen and oxygen atoms in total. The minimum absolute atomic E-state index is 0.00194. The van der Waals surface area contributed by atoms with Crippen LogP contribution in [0.1, 0.15) is 13.8 Å². The van der Waals surface area contributed by atoms with Gasteiger partial charge in [0.15, 0.2) is 0 Å². The molecule has 0 heterocycles. The summed E-state index contributed by atoms with van der Waals surface area (Å²) in [6.07, 6.45) is 2.58. The number of rotatable bonds is 8. The van der Waals surface area contributed by atoms with Crippen molar-refractivity contribution in [2.24, 2.45) is 9.98 Å². The van der Waals surface area contributed by atoms with E-state index in [1.165, 1.54) is 12.6 Å². The highest BCUT2D eigenvalue weighted by Gasteiger charge is 1.97. The predicted molar refractivity (Wildman–Crippen MR) is 71.7 cm³/mol. The smallest absolute Gasteiger partial charge is 0.262 e. The van der Waals surface area contributed by atoms with Crippen LogP contribution in [0.25, 0.3) is 0 Å². The summed E-state index contributed by atoms with van der Waals surface area (Å²) in [4.78, 5) is 20.9. The molecule has 98 valence electrons. The highest BCUT2D eigenvalue weighted by Crippen LogP contribution is 1.84. The summed E-state index contributed by atoms with van der Waals surface area (Å²) in [6, 6.07) is 0. The third-order valence-electron chi connectivity index (χ3n) is 2.27. The van der Waals surface area contributed by atoms with E-state index in [2.05, 4.69) is 39.5 Å². The molecule has 1 atom stereocenters. The van der Waals surface area contributed by atoms with Gasteiger partial charge >= 0.3 is 0 Å². The van der Waals surface area contributed by atoms with Crippen LogP contribution in [-0.2, 0) is 4.79 Å². The second-order valence-electron chi connectivity index (χ2n) is 3.68. The summed E-state index contributed by atoms with van der Waals surface area (Å²) in [5, 5.41) is 5.67. The molecule has 0 aliphatic rings. The van der Waals surface area contributed by atoms with E-state index in [1.807, 2.05) is 6.92 Å². The van der Waals surface area contributed by atoms with Crippen molar-refractivity contribution in [2.45, 2.75) is 20.0 Å². The zero-order valence-corrected chi connectivity index (χ0v) is 11.1. The van der Waals surface area contributed by atoms with Gasteiger partial charge in [-0.05, 0) is 20.5 Å². The maximum Gasteiger partial charge on any atom is 0.262 e. The van der Waals surface area contributed by atoms with Crippen molar-refractivity contribution >= 4 is 18.5 Å². The first-order valence-electron chi connectivity index (χ1n) is 5.78. The van der Waals surface area contributed by atoms with Crippen molar-refractivity contribution in [3.05, 3.63) is 0 Å². The quantitative estimate of drug-likeness (QED) is 0.453. The molecule has 0 spiro atoms. The number of carbonyl (C=O) groups excluding carboxylic acids is 1. The largest absolute Gasteiger partial charge is 0.354 e. The van der Waals surface area contributed by atoms with Crippen LogP contribution in [0.15, 0.2) is 9.98 Å². The van der Waals surface area contributed by atoms with Crippen molar-refractivity contribution in [1.29, 1.82) is 0 Å². The van der Waals surface area contributed by atoms with Crippen molar-refractivity contribution < 1.29 is 4.79 Å². The number of nitrogens with zero attached hydrogens (tertiary/aromatic N) is 3. The number of carbonyl (C=O) groups is 1. The summed E-state index contributed by atoms with van der Waals surface area (Å²) in [6.45, 7) is 6.96. The van der Waals surface area contributed by atoms with Crippen LogP contribution in [0.3, 0.4) is 0 Å². The predicted octanol–water partition coefficient (Wildman–Crippen LogP) is -0.281. The average molecular weight is 241 g/mol. The molecule has 0 fully saturated rings. The lowest BCUT2D eigenvalue weighted by Crippen LogP contribution is -2.33. The first kappa shape index (κ1) is 15.7. The lowest BCUT2D eigenvalue weighted by molar-refractivity contribution is -0.113. The highest BCUT2D eigenvalue weighted by molar-refractivity contribution is 6.27. The van der Waals surface area contributed by atoms with Crippen molar-refractivity contribution in [1.82, 2.24) is 15.5 Å². The molecule has 0 radical (unpaired) electrons. The molecule has 0 saturated carbocycles. The molecule has 0 aliphatic carbocycles. The molecule has 17 heavy (non-hydrogen) atoms. The van der Waals surface area contributed by atoms with Gasteiger partial charge < -0.3 is 10.2 Å². The zero-order valence-electron chi connectivity index (χ0n) is 11.1. The van der Waals surface area contributed by atoms with Gasteiger partial charge in [0.2, 0.25) is 0 Å². The molecule has 6 heteroatoms. The fourth-order valence-corrected chi connectivity index (χ4v) is 0.979. The Bertz CT molecular complexity index is 265. The fourth-order valence-electron chi connectivity index (χ4n) is 0.979. The average Bonchev–Trinajstić information content (AvgIpc) is 2.33. The van der Waals surface area contributed by atoms with Crippen molar-refractivity contribution in [3.63, 3.8) is 0 Å². The number of aliphatic imine (C=N–C) groups is 2. The van der Waals surface area contributed by atoms with Gasteiger partial charge in [-0.1, -0.05) is 6.92 Å². The highest BCUT2D eigenvalue weighted by atomic mass is 16.1. The van der Waals surface area contributed by atoms with E-state index in [0.717, 1.165) is 19.6 Å². The Morgan fingerprint density at radius 3 is 2.82 bits per heavy atom. The van der Waals surface area contributed by atoms with Crippen LogP contribution in [-0.4, -0.2) is 63.3 Å². The Hall–Kier alpha value is -1.27. The molecule has 0 aliphatic heterocycles. The van der Waals surface area contributed by atoms with E-state index in [0.29, 0.717) is 0 Å². The SMILES string of the molecule is CCN(C)CCNC(C)/N=C\N=C\C(=O)NC. The van der Waals surface area contributed by atoms with Crippen LogP contribution >= 0.6 is 0 Å². The second kappa shape index (κ2) is 9.92. The minimum atomic E-state index is -0.235. The fraction of sp³-hybridized carbons (Fsp3) is 0.727. The van der Waals surface area contributed by atoms with Gasteiger partial charge in [0.05, 0.1) is 12.4 Å². The lowest BCUT2D eigenvalue weighted by Gasteiger charge is -2.15. The molecule has 0 saturated heterocycles. The molecular formula is C11H23N5O. The zero-order chi connectivity index (χ0) is 13.1. The standard InChI is InChI=1S/C11H23N5O/c1-5-16(4)7-6-14-10(2)15-9-13-8-11(17)12-3/h8-10,14H,5-7H2,1-4H3,(H,12,17)/b13-8+,15-9-. The van der Waals surface area contributed by atoms with Crippen molar-refractivity contribution in [2.75, 3.05) is 33.7 Å². The van der Waals surface area contributed by atoms with Gasteiger partial charge in [0.25, 0.3) is 5.91 Å². The normalized spacial score (nSPS) is 13.7. The Morgan fingerprint density at radius 2 is 2.24 bits per heavy atom. The van der Waals surface area contributed by atoms with E-state index in [4.69, 9.17) is 0 Å². The number of hydrogen-bond donors (Lipinski definition) is 2. The molecule has 0 aromatic carbocycles. The Balaban J connectivity index is 3.71. The summed E-state index contributed by atoms with van der Waals surface area (Å²) in [5.41, 5.74) is 0. The number of nitrogens with one attached hydrogen (secondary N) is 2. The Labute approximate surface area is 103 Å². The third kappa shape index (κ3) is 9.65. The molecule has 2 N–H and O–H groups in total. The second-order valence-corrected chi connectivity index (χ2v) is 3.68. The Morgan fingerprint density at radius 1 is 1.53 bits per heavy atom. The Kier molecular flexibility index (Phi) is 9.18. The summed E-state index contributed by atoms with van der Waals surface area (Å²) in [7, 11) is 3.63. The first-order chi connectivity index (χ1) is 8.10. The maximum absolute atomic E-state index is 10.8. The molecule has 1 unspecified atom stereocenters. The molecule has 0 aromatic rings. The van der Waals surface area contributed by atoms with Gasteiger partial charge in [0.1, 0.15) is 6.34 Å². The van der Waals surface area contributed by atoms with Gasteiger partial charge in [-0.25, -0.2) is 4.99 Å². The summed E-state index contributed by atoms with van der Waals surface area (Å²) >= 11 is 0. The lowest BCUT2D eigenvalue weighted by atomic mass is 10.5. The van der Waals surface area contributed by atoms with Crippen LogP contribution in [0.2, 0.25) is 0 Å². The summed E-state index contributed by atoms with van der Waals surface area (Å²) in [5.74, 6) is -0.235. The van der Waals surface area contributed by atoms with E-state index in [1.54, 1.807) is 7.05 Å². The van der Waals surface area contributed by atoms with Crippen LogP contribution in [0, 0.1) is 0 Å². The number of hydrogen-bond acceptors (Lipinski definition) is 4. The number of likely N-dealkylation sites (N-methyl/N-ethyl adjacent to an activating group) is 1. The monoisotopic (exact) mass is 241 g/mol. The third-order valence-corrected chi connectivity index (χ3v) is 2.27. The van der Waals surface area contributed by atoms with E-state index < -0.39 is 0 Å². The molecule has 1 amide bonds. The summed E-state index contributed by atoms with van der Waals surface area (Å²) < 4.78 is 0. The van der Waals surface area contributed by atoms with Gasteiger partial charge in [-0.2, -0.15) is 0 Å². The molecule has 0 bridgehead atoms. The maximum atomic E-state index is 10.8. The van der Waals surface area contributed by atoms with E-state index in [-0.39, 0.29) is 12.1 Å². The molecule has 0 aromatic heterocycles. The number of amides is 1.